The molecule has 2 amide bonds. The molecule has 10 nitrogen and oxygen atoms in total. The molecular formula is C25H33N5O5. The van der Waals surface area contributed by atoms with Crippen molar-refractivity contribution in [3.05, 3.63) is 36.0 Å². The van der Waals surface area contributed by atoms with Crippen LogP contribution in [-0.2, 0) is 9.47 Å². The van der Waals surface area contributed by atoms with Crippen LogP contribution < -0.4 is 15.4 Å². The number of hydrogen-bond acceptors (Lipinski definition) is 9. The number of aromatic nitrogens is 2. The fourth-order valence-electron chi connectivity index (χ4n) is 3.44. The van der Waals surface area contributed by atoms with Gasteiger partial charge < -0.3 is 19.9 Å². The fraction of sp³-hybridized carbons (Fsp3) is 0.480. The zero-order valence-corrected chi connectivity index (χ0v) is 21.3. The van der Waals surface area contributed by atoms with E-state index in [0.717, 1.165) is 13.5 Å². The number of amides is 2. The van der Waals surface area contributed by atoms with Gasteiger partial charge in [-0.2, -0.15) is 15.3 Å². The minimum absolute atomic E-state index is 0.0879. The Hall–Kier alpha value is -3.71. The molecule has 10 heteroatoms. The quantitative estimate of drug-likeness (QED) is 0.595. The number of carbonyl (C=O) groups is 2. The van der Waals surface area contributed by atoms with E-state index in [1.165, 1.54) is 12.3 Å². The van der Waals surface area contributed by atoms with Gasteiger partial charge in [0.2, 0.25) is 0 Å². The van der Waals surface area contributed by atoms with Gasteiger partial charge in [-0.05, 0) is 63.8 Å². The smallest absolute Gasteiger partial charge is 0.425 e. The number of ether oxygens (including phenoxy) is 3. The van der Waals surface area contributed by atoms with Crippen LogP contribution in [0.1, 0.15) is 53.5 Å². The van der Waals surface area contributed by atoms with Crippen molar-refractivity contribution in [1.82, 2.24) is 10.2 Å². The van der Waals surface area contributed by atoms with Gasteiger partial charge >= 0.3 is 12.2 Å². The Labute approximate surface area is 206 Å². The van der Waals surface area contributed by atoms with Crippen molar-refractivity contribution in [1.29, 1.82) is 5.26 Å². The third-order valence-corrected chi connectivity index (χ3v) is 4.67. The van der Waals surface area contributed by atoms with Gasteiger partial charge in [-0.3, -0.25) is 0 Å². The molecule has 1 aromatic heterocycles. The zero-order chi connectivity index (χ0) is 26.4. The number of imide groups is 1. The predicted octanol–water partition coefficient (Wildman–Crippen LogP) is 4.67. The van der Waals surface area contributed by atoms with E-state index < -0.39 is 23.3 Å². The third kappa shape index (κ3) is 7.93. The number of benzene rings is 1. The van der Waals surface area contributed by atoms with E-state index in [0.29, 0.717) is 33.3 Å². The van der Waals surface area contributed by atoms with E-state index in [2.05, 4.69) is 30.1 Å². The van der Waals surface area contributed by atoms with Crippen LogP contribution in [0.5, 0.6) is 5.75 Å². The van der Waals surface area contributed by atoms with Crippen molar-refractivity contribution in [2.45, 2.75) is 59.1 Å². The molecule has 35 heavy (non-hydrogen) atoms. The summed E-state index contributed by atoms with van der Waals surface area (Å²) < 4.78 is 15.9. The molecule has 0 spiro atoms. The molecule has 2 N–H and O–H groups in total. The Morgan fingerprint density at radius 2 is 1.83 bits per heavy atom. The monoisotopic (exact) mass is 483 g/mol. The molecule has 2 rings (SSSR count). The molecule has 0 aliphatic heterocycles. The van der Waals surface area contributed by atoms with E-state index in [-0.39, 0.29) is 12.4 Å². The van der Waals surface area contributed by atoms with Gasteiger partial charge in [0.05, 0.1) is 18.9 Å². The van der Waals surface area contributed by atoms with Crippen molar-refractivity contribution in [2.75, 3.05) is 18.6 Å². The Morgan fingerprint density at radius 3 is 2.40 bits per heavy atom. The predicted molar refractivity (Wildman–Crippen MR) is 131 cm³/mol. The molecular weight excluding hydrogens is 450 g/mol. The van der Waals surface area contributed by atoms with Gasteiger partial charge in [0.1, 0.15) is 24.0 Å². The van der Waals surface area contributed by atoms with Crippen molar-refractivity contribution < 1.29 is 23.8 Å². The number of methoxy groups -OCH3 is 1. The Morgan fingerprint density at radius 1 is 1.14 bits per heavy atom. The number of rotatable bonds is 7. The molecule has 0 saturated heterocycles. The molecule has 0 radical (unpaired) electrons. The maximum Gasteiger partial charge on any atom is 0.425 e. The van der Waals surface area contributed by atoms with Crippen LogP contribution in [0.25, 0.3) is 11.1 Å². The van der Waals surface area contributed by atoms with Gasteiger partial charge in [-0.15, -0.1) is 5.10 Å². The highest BCUT2D eigenvalue weighted by Crippen LogP contribution is 2.29. The van der Waals surface area contributed by atoms with Crippen LogP contribution in [0.15, 0.2) is 30.5 Å². The highest BCUT2D eigenvalue weighted by atomic mass is 16.6. The first kappa shape index (κ1) is 27.5. The number of anilines is 1. The van der Waals surface area contributed by atoms with Crippen molar-refractivity contribution in [3.8, 4) is 22.9 Å². The lowest BCUT2D eigenvalue weighted by molar-refractivity contribution is 0.0574. The number of carbonyl (C=O) groups excluding carboxylic acids is 2. The van der Waals surface area contributed by atoms with Crippen LogP contribution in [0.2, 0.25) is 0 Å². The third-order valence-electron chi connectivity index (χ3n) is 4.67. The average molecular weight is 484 g/mol. The van der Waals surface area contributed by atoms with Gasteiger partial charge in [-0.25, -0.2) is 9.59 Å². The van der Waals surface area contributed by atoms with Crippen molar-refractivity contribution in [2.24, 2.45) is 11.7 Å². The second-order valence-electron chi connectivity index (χ2n) is 9.95. The number of nitriles is 1. The summed E-state index contributed by atoms with van der Waals surface area (Å²) in [4.78, 5) is 25.6. The standard InChI is InChI=1S/C25H33N5O5/c1-16(2)12-25(6,27)15-34-20-9-8-17(10-18(20)13-26)19-11-21(29-28-14-19)30(22(31)33-7)23(32)35-24(3,4)5/h8-11,14,16H,12,15,27H2,1-7H3. The van der Waals surface area contributed by atoms with Crippen LogP contribution in [0, 0.1) is 17.2 Å². The highest BCUT2D eigenvalue weighted by Gasteiger charge is 2.31. The second kappa shape index (κ2) is 11.1. The molecule has 2 aromatic rings. The highest BCUT2D eigenvalue weighted by molar-refractivity contribution is 6.08. The zero-order valence-electron chi connectivity index (χ0n) is 21.3. The van der Waals surface area contributed by atoms with Crippen molar-refractivity contribution in [3.63, 3.8) is 0 Å². The topological polar surface area (TPSA) is 141 Å². The maximum atomic E-state index is 12.6. The summed E-state index contributed by atoms with van der Waals surface area (Å²) in [6.45, 7) is 11.4. The van der Waals surface area contributed by atoms with Crippen molar-refractivity contribution >= 4 is 18.0 Å². The Bertz CT molecular complexity index is 1100. The fourth-order valence-corrected chi connectivity index (χ4v) is 3.44. The van der Waals surface area contributed by atoms with E-state index in [9.17, 15) is 14.9 Å². The molecule has 1 atom stereocenters. The molecule has 0 bridgehead atoms. The summed E-state index contributed by atoms with van der Waals surface area (Å²) in [5, 5.41) is 17.5. The number of hydrogen-bond donors (Lipinski definition) is 1. The van der Waals surface area contributed by atoms with E-state index in [1.807, 2.05) is 6.92 Å². The van der Waals surface area contributed by atoms with Gasteiger partial charge in [-0.1, -0.05) is 19.9 Å². The summed E-state index contributed by atoms with van der Waals surface area (Å²) >= 11 is 0. The Kier molecular flexibility index (Phi) is 8.77. The molecule has 1 aromatic carbocycles. The summed E-state index contributed by atoms with van der Waals surface area (Å²) in [6, 6.07) is 8.65. The van der Waals surface area contributed by atoms with E-state index >= 15 is 0 Å². The van der Waals surface area contributed by atoms with Gasteiger partial charge in [0, 0.05) is 11.1 Å². The minimum Gasteiger partial charge on any atom is -0.490 e. The molecule has 0 saturated carbocycles. The molecule has 1 heterocycles. The summed E-state index contributed by atoms with van der Waals surface area (Å²) in [5.41, 5.74) is 6.36. The second-order valence-corrected chi connectivity index (χ2v) is 9.95. The SMILES string of the molecule is COC(=O)N(C(=O)OC(C)(C)C)c1cc(-c2ccc(OCC(C)(N)CC(C)C)c(C#N)c2)cnn1. The van der Waals surface area contributed by atoms with Crippen LogP contribution >= 0.6 is 0 Å². The lowest BCUT2D eigenvalue weighted by atomic mass is 9.93. The maximum absolute atomic E-state index is 12.6. The first-order valence-electron chi connectivity index (χ1n) is 11.2. The summed E-state index contributed by atoms with van der Waals surface area (Å²) in [7, 11) is 1.14. The van der Waals surface area contributed by atoms with Crippen LogP contribution in [-0.4, -0.2) is 47.2 Å². The molecule has 0 fully saturated rings. The normalized spacial score (nSPS) is 12.9. The summed E-state index contributed by atoms with van der Waals surface area (Å²) in [5.74, 6) is 0.726. The van der Waals surface area contributed by atoms with Gasteiger partial charge in [0.25, 0.3) is 0 Å². The number of nitrogens with two attached hydrogens (primary N) is 1. The molecule has 0 aliphatic carbocycles. The Balaban J connectivity index is 2.36. The average Bonchev–Trinajstić information content (AvgIpc) is 2.75. The summed E-state index contributed by atoms with van der Waals surface area (Å²) in [6.07, 6.45) is 0.291. The van der Waals surface area contributed by atoms with Crippen LogP contribution in [0.4, 0.5) is 15.4 Å². The van der Waals surface area contributed by atoms with Gasteiger partial charge in [0.15, 0.2) is 5.82 Å². The minimum atomic E-state index is -0.974. The van der Waals surface area contributed by atoms with Crippen LogP contribution in [0.3, 0.4) is 0 Å². The lowest BCUT2D eigenvalue weighted by Crippen LogP contribution is -2.43. The molecule has 0 aliphatic rings. The van der Waals surface area contributed by atoms with E-state index in [1.54, 1.807) is 39.0 Å². The lowest BCUT2D eigenvalue weighted by Gasteiger charge is -2.27. The molecule has 1 unspecified atom stereocenters. The number of nitrogens with zero attached hydrogens (tertiary/aromatic N) is 4. The molecule has 188 valence electrons. The first-order valence-corrected chi connectivity index (χ1v) is 11.2. The first-order chi connectivity index (χ1) is 16.3. The largest absolute Gasteiger partial charge is 0.490 e. The van der Waals surface area contributed by atoms with E-state index in [4.69, 9.17) is 19.9 Å².